The van der Waals surface area contributed by atoms with E-state index in [9.17, 15) is 4.39 Å². The van der Waals surface area contributed by atoms with Gasteiger partial charge in [-0.3, -0.25) is 5.32 Å². The maximum Gasteiger partial charge on any atom is 0.129 e. The molecule has 3 aromatic rings. The summed E-state index contributed by atoms with van der Waals surface area (Å²) < 4.78 is 19.1. The van der Waals surface area contributed by atoms with Crippen molar-refractivity contribution in [3.63, 3.8) is 0 Å². The quantitative estimate of drug-likeness (QED) is 0.728. The third-order valence-electron chi connectivity index (χ3n) is 3.67. The maximum absolute atomic E-state index is 13.6. The number of furan rings is 1. The Bertz CT molecular complexity index is 755. The van der Waals surface area contributed by atoms with Crippen LogP contribution in [0.25, 0.3) is 0 Å². The lowest BCUT2D eigenvalue weighted by molar-refractivity contribution is 0.242. The first-order valence-electron chi connectivity index (χ1n) is 7.48. The lowest BCUT2D eigenvalue weighted by Gasteiger charge is -2.19. The molecule has 2 aromatic carbocycles. The van der Waals surface area contributed by atoms with Crippen LogP contribution in [0.1, 0.15) is 28.7 Å². The third-order valence-corrected chi connectivity index (χ3v) is 3.67. The van der Waals surface area contributed by atoms with E-state index in [0.717, 1.165) is 16.9 Å². The molecule has 4 heteroatoms. The Balaban J connectivity index is 1.83. The fraction of sp³-hybridized carbons (Fsp3) is 0.158. The van der Waals surface area contributed by atoms with Crippen LogP contribution in [0.4, 0.5) is 4.39 Å². The van der Waals surface area contributed by atoms with Gasteiger partial charge in [0.05, 0.1) is 12.6 Å². The van der Waals surface area contributed by atoms with Crippen molar-refractivity contribution in [1.82, 2.24) is 5.32 Å². The van der Waals surface area contributed by atoms with E-state index >= 15 is 0 Å². The first-order valence-corrected chi connectivity index (χ1v) is 7.48. The van der Waals surface area contributed by atoms with Crippen molar-refractivity contribution in [2.75, 3.05) is 0 Å². The molecule has 0 spiro atoms. The van der Waals surface area contributed by atoms with Gasteiger partial charge < -0.3 is 9.52 Å². The van der Waals surface area contributed by atoms with Crippen LogP contribution in [0.15, 0.2) is 71.1 Å². The lowest BCUT2D eigenvalue weighted by atomic mass is 9.98. The Hall–Kier alpha value is -2.43. The van der Waals surface area contributed by atoms with Gasteiger partial charge in [0.2, 0.25) is 0 Å². The van der Waals surface area contributed by atoms with Crippen molar-refractivity contribution < 1.29 is 13.9 Å². The molecular formula is C19H18FNO2. The van der Waals surface area contributed by atoms with E-state index < -0.39 is 0 Å². The number of hydrogen-bond donors (Lipinski definition) is 2. The van der Waals surface area contributed by atoms with Crippen LogP contribution < -0.4 is 5.32 Å². The molecule has 23 heavy (non-hydrogen) atoms. The molecule has 0 aliphatic carbocycles. The SMILES string of the molecule is OCc1ccc(CNC(c2ccccc2)c2cccc(F)c2)o1. The Morgan fingerprint density at radius 1 is 0.913 bits per heavy atom. The molecule has 3 nitrogen and oxygen atoms in total. The zero-order valence-corrected chi connectivity index (χ0v) is 12.6. The van der Waals surface area contributed by atoms with Crippen LogP contribution >= 0.6 is 0 Å². The highest BCUT2D eigenvalue weighted by molar-refractivity contribution is 5.32. The number of aliphatic hydroxyl groups is 1. The molecule has 0 radical (unpaired) electrons. The van der Waals surface area contributed by atoms with Gasteiger partial charge in [0.25, 0.3) is 0 Å². The molecule has 0 aliphatic rings. The molecule has 1 unspecified atom stereocenters. The third kappa shape index (κ3) is 3.86. The van der Waals surface area contributed by atoms with Crippen LogP contribution in [0.2, 0.25) is 0 Å². The molecule has 2 N–H and O–H groups in total. The average Bonchev–Trinajstić information content (AvgIpc) is 3.04. The van der Waals surface area contributed by atoms with E-state index in [1.54, 1.807) is 12.1 Å². The summed E-state index contributed by atoms with van der Waals surface area (Å²) in [5.41, 5.74) is 1.90. The Kier molecular flexibility index (Phi) is 4.86. The summed E-state index contributed by atoms with van der Waals surface area (Å²) >= 11 is 0. The van der Waals surface area contributed by atoms with Crippen molar-refractivity contribution in [3.8, 4) is 0 Å². The normalized spacial score (nSPS) is 12.3. The van der Waals surface area contributed by atoms with Crippen molar-refractivity contribution >= 4 is 0 Å². The van der Waals surface area contributed by atoms with Gasteiger partial charge in [0.15, 0.2) is 0 Å². The zero-order chi connectivity index (χ0) is 16.1. The number of rotatable bonds is 6. The van der Waals surface area contributed by atoms with E-state index in [2.05, 4.69) is 5.32 Å². The Labute approximate surface area is 134 Å². The topological polar surface area (TPSA) is 45.4 Å². The predicted octanol–water partition coefficient (Wildman–Crippen LogP) is 3.79. The standard InChI is InChI=1S/C19H18FNO2/c20-16-8-4-7-15(11-16)19(14-5-2-1-3-6-14)21-12-17-9-10-18(13-22)23-17/h1-11,19,21-22H,12-13H2. The van der Waals surface area contributed by atoms with Crippen molar-refractivity contribution in [2.24, 2.45) is 0 Å². The molecule has 0 saturated heterocycles. The number of benzene rings is 2. The van der Waals surface area contributed by atoms with E-state index in [-0.39, 0.29) is 18.5 Å². The highest BCUT2D eigenvalue weighted by atomic mass is 19.1. The van der Waals surface area contributed by atoms with Crippen LogP contribution in [0.3, 0.4) is 0 Å². The second kappa shape index (κ2) is 7.22. The van der Waals surface area contributed by atoms with E-state index in [4.69, 9.17) is 9.52 Å². The first-order chi connectivity index (χ1) is 11.3. The number of halogens is 1. The minimum atomic E-state index is -0.259. The van der Waals surface area contributed by atoms with Crippen molar-refractivity contribution in [2.45, 2.75) is 19.2 Å². The first kappa shape index (κ1) is 15.5. The van der Waals surface area contributed by atoms with Crippen molar-refractivity contribution in [1.29, 1.82) is 0 Å². The van der Waals surface area contributed by atoms with Gasteiger partial charge in [-0.15, -0.1) is 0 Å². The molecule has 1 atom stereocenters. The largest absolute Gasteiger partial charge is 0.462 e. The van der Waals surface area contributed by atoms with Gasteiger partial charge in [0, 0.05) is 0 Å². The highest BCUT2D eigenvalue weighted by Crippen LogP contribution is 2.23. The summed E-state index contributed by atoms with van der Waals surface area (Å²) in [5.74, 6) is 1.00. The highest BCUT2D eigenvalue weighted by Gasteiger charge is 2.15. The van der Waals surface area contributed by atoms with Crippen LogP contribution in [0.5, 0.6) is 0 Å². The monoisotopic (exact) mass is 311 g/mol. The van der Waals surface area contributed by atoms with E-state index in [1.165, 1.54) is 12.1 Å². The molecule has 0 fully saturated rings. The van der Waals surface area contributed by atoms with Crippen LogP contribution in [-0.2, 0) is 13.2 Å². The molecule has 3 rings (SSSR count). The Morgan fingerprint density at radius 3 is 2.35 bits per heavy atom. The number of aliphatic hydroxyl groups excluding tert-OH is 1. The smallest absolute Gasteiger partial charge is 0.129 e. The second-order valence-corrected chi connectivity index (χ2v) is 5.31. The minimum absolute atomic E-state index is 0.119. The predicted molar refractivity (Wildman–Crippen MR) is 86.2 cm³/mol. The fourth-order valence-corrected chi connectivity index (χ4v) is 2.56. The lowest BCUT2D eigenvalue weighted by Crippen LogP contribution is -2.22. The van der Waals surface area contributed by atoms with Crippen molar-refractivity contribution in [3.05, 3.63) is 95.2 Å². The molecule has 1 heterocycles. The van der Waals surface area contributed by atoms with Crippen LogP contribution in [-0.4, -0.2) is 5.11 Å². The summed E-state index contributed by atoms with van der Waals surface area (Å²) in [5, 5.41) is 12.5. The van der Waals surface area contributed by atoms with Gasteiger partial charge in [-0.1, -0.05) is 42.5 Å². The zero-order valence-electron chi connectivity index (χ0n) is 12.6. The molecule has 1 aromatic heterocycles. The molecule has 118 valence electrons. The molecule has 0 bridgehead atoms. The Morgan fingerprint density at radius 2 is 1.65 bits per heavy atom. The fourth-order valence-electron chi connectivity index (χ4n) is 2.56. The maximum atomic E-state index is 13.6. The summed E-state index contributed by atoms with van der Waals surface area (Å²) in [6.45, 7) is 0.363. The summed E-state index contributed by atoms with van der Waals surface area (Å²) in [6.07, 6.45) is 0. The number of nitrogens with one attached hydrogen (secondary N) is 1. The molecule has 0 aliphatic heterocycles. The van der Waals surface area contributed by atoms with Gasteiger partial charge in [-0.2, -0.15) is 0 Å². The van der Waals surface area contributed by atoms with Gasteiger partial charge in [-0.25, -0.2) is 4.39 Å². The van der Waals surface area contributed by atoms with Gasteiger partial charge >= 0.3 is 0 Å². The minimum Gasteiger partial charge on any atom is -0.462 e. The van der Waals surface area contributed by atoms with E-state index in [1.807, 2.05) is 42.5 Å². The van der Waals surface area contributed by atoms with Crippen LogP contribution in [0, 0.1) is 5.82 Å². The molecular weight excluding hydrogens is 293 g/mol. The van der Waals surface area contributed by atoms with Gasteiger partial charge in [0.1, 0.15) is 23.9 Å². The molecule has 0 saturated carbocycles. The number of hydrogen-bond acceptors (Lipinski definition) is 3. The summed E-state index contributed by atoms with van der Waals surface area (Å²) in [6, 6.07) is 19.9. The summed E-state index contributed by atoms with van der Waals surface area (Å²) in [7, 11) is 0. The van der Waals surface area contributed by atoms with E-state index in [0.29, 0.717) is 12.3 Å². The molecule has 0 amide bonds. The van der Waals surface area contributed by atoms with Gasteiger partial charge in [-0.05, 0) is 35.4 Å². The summed E-state index contributed by atoms with van der Waals surface area (Å²) in [4.78, 5) is 0. The second-order valence-electron chi connectivity index (χ2n) is 5.31. The average molecular weight is 311 g/mol.